The maximum atomic E-state index is 11.2. The molecule has 3 nitrogen and oxygen atoms in total. The van der Waals surface area contributed by atoms with Crippen LogP contribution in [0.2, 0.25) is 0 Å². The number of thiazole rings is 1. The normalized spacial score (nSPS) is 10.2. The monoisotopic (exact) mass is 198 g/mol. The van der Waals surface area contributed by atoms with Crippen molar-refractivity contribution in [1.82, 2.24) is 4.98 Å². The summed E-state index contributed by atoms with van der Waals surface area (Å²) in [6.45, 7) is 3.60. The van der Waals surface area contributed by atoms with Crippen LogP contribution in [0.5, 0.6) is 0 Å². The van der Waals surface area contributed by atoms with Gasteiger partial charge in [-0.25, -0.2) is 4.98 Å². The van der Waals surface area contributed by atoms with Crippen LogP contribution in [0.1, 0.15) is 29.2 Å². The SMILES string of the molecule is CCc1nc(N(C)C)sc1C(C)=O. The van der Waals surface area contributed by atoms with Crippen molar-refractivity contribution in [1.29, 1.82) is 0 Å². The highest BCUT2D eigenvalue weighted by Gasteiger charge is 2.13. The second-order valence-electron chi connectivity index (χ2n) is 3.08. The van der Waals surface area contributed by atoms with Crippen LogP contribution in [0, 0.1) is 0 Å². The van der Waals surface area contributed by atoms with Gasteiger partial charge in [-0.05, 0) is 6.42 Å². The fourth-order valence-corrected chi connectivity index (χ4v) is 2.02. The van der Waals surface area contributed by atoms with Gasteiger partial charge in [-0.3, -0.25) is 4.79 Å². The Morgan fingerprint density at radius 3 is 2.46 bits per heavy atom. The molecule has 0 aliphatic heterocycles. The summed E-state index contributed by atoms with van der Waals surface area (Å²) in [4.78, 5) is 18.3. The molecule has 1 aromatic rings. The lowest BCUT2D eigenvalue weighted by Gasteiger charge is -2.05. The first-order valence-corrected chi connectivity index (χ1v) is 5.05. The van der Waals surface area contributed by atoms with Crippen LogP contribution >= 0.6 is 11.3 Å². The number of anilines is 1. The molecule has 1 aromatic heterocycles. The summed E-state index contributed by atoms with van der Waals surface area (Å²) < 4.78 is 0. The Morgan fingerprint density at radius 1 is 1.54 bits per heavy atom. The molecule has 0 saturated heterocycles. The number of nitrogens with zero attached hydrogens (tertiary/aromatic N) is 2. The lowest BCUT2D eigenvalue weighted by molar-refractivity contribution is 0.102. The summed E-state index contributed by atoms with van der Waals surface area (Å²) >= 11 is 1.47. The van der Waals surface area contributed by atoms with E-state index in [9.17, 15) is 4.79 Å². The summed E-state index contributed by atoms with van der Waals surface area (Å²) in [6.07, 6.45) is 0.819. The molecule has 0 bridgehead atoms. The molecule has 0 fully saturated rings. The standard InChI is InChI=1S/C9H14N2OS/c1-5-7-8(6(2)12)13-9(10-7)11(3)4/h5H2,1-4H3. The molecule has 13 heavy (non-hydrogen) atoms. The van der Waals surface area contributed by atoms with Gasteiger partial charge in [-0.2, -0.15) is 0 Å². The molecule has 1 rings (SSSR count). The van der Waals surface area contributed by atoms with Gasteiger partial charge in [0.25, 0.3) is 0 Å². The van der Waals surface area contributed by atoms with Gasteiger partial charge in [0.15, 0.2) is 10.9 Å². The van der Waals surface area contributed by atoms with E-state index in [2.05, 4.69) is 4.98 Å². The Balaban J connectivity index is 3.11. The largest absolute Gasteiger partial charge is 0.354 e. The van der Waals surface area contributed by atoms with Crippen molar-refractivity contribution < 1.29 is 4.79 Å². The van der Waals surface area contributed by atoms with E-state index in [1.165, 1.54) is 11.3 Å². The third-order valence-electron chi connectivity index (χ3n) is 1.72. The summed E-state index contributed by atoms with van der Waals surface area (Å²) in [5, 5.41) is 0.905. The van der Waals surface area contributed by atoms with E-state index in [0.717, 1.165) is 22.1 Å². The van der Waals surface area contributed by atoms with Crippen LogP contribution in [-0.4, -0.2) is 24.9 Å². The van der Waals surface area contributed by atoms with E-state index < -0.39 is 0 Å². The summed E-state index contributed by atoms with van der Waals surface area (Å²) in [6, 6.07) is 0. The highest BCUT2D eigenvalue weighted by atomic mass is 32.1. The predicted octanol–water partition coefficient (Wildman–Crippen LogP) is 1.97. The zero-order valence-electron chi connectivity index (χ0n) is 8.42. The van der Waals surface area contributed by atoms with Crippen LogP contribution in [0.4, 0.5) is 5.13 Å². The molecule has 0 saturated carbocycles. The second kappa shape index (κ2) is 3.87. The van der Waals surface area contributed by atoms with Gasteiger partial charge in [-0.15, -0.1) is 0 Å². The van der Waals surface area contributed by atoms with Gasteiger partial charge in [0, 0.05) is 21.0 Å². The maximum absolute atomic E-state index is 11.2. The van der Waals surface area contributed by atoms with Gasteiger partial charge in [0.1, 0.15) is 0 Å². The quantitative estimate of drug-likeness (QED) is 0.696. The number of ketones is 1. The fourth-order valence-electron chi connectivity index (χ4n) is 1.05. The zero-order valence-corrected chi connectivity index (χ0v) is 9.23. The molecular weight excluding hydrogens is 184 g/mol. The average molecular weight is 198 g/mol. The van der Waals surface area contributed by atoms with Crippen LogP contribution in [0.3, 0.4) is 0 Å². The van der Waals surface area contributed by atoms with Crippen LogP contribution in [0.25, 0.3) is 0 Å². The third-order valence-corrected chi connectivity index (χ3v) is 3.09. The minimum Gasteiger partial charge on any atom is -0.354 e. The van der Waals surface area contributed by atoms with Crippen molar-refractivity contribution in [3.8, 4) is 0 Å². The topological polar surface area (TPSA) is 33.2 Å². The summed E-state index contributed by atoms with van der Waals surface area (Å²) in [7, 11) is 3.87. The first kappa shape index (κ1) is 10.2. The number of hydrogen-bond acceptors (Lipinski definition) is 4. The number of rotatable bonds is 3. The highest BCUT2D eigenvalue weighted by molar-refractivity contribution is 7.17. The van der Waals surface area contributed by atoms with Crippen molar-refractivity contribution >= 4 is 22.3 Å². The number of Topliss-reactive ketones (excluding diaryl/α,β-unsaturated/α-hetero) is 1. The average Bonchev–Trinajstić information content (AvgIpc) is 2.47. The lowest BCUT2D eigenvalue weighted by atomic mass is 10.2. The summed E-state index contributed by atoms with van der Waals surface area (Å²) in [5.74, 6) is 0.113. The smallest absolute Gasteiger partial charge is 0.185 e. The number of aromatic nitrogens is 1. The van der Waals surface area contributed by atoms with Crippen LogP contribution < -0.4 is 4.90 Å². The molecular formula is C9H14N2OS. The second-order valence-corrected chi connectivity index (χ2v) is 4.05. The molecule has 4 heteroatoms. The Bertz CT molecular complexity index is 317. The van der Waals surface area contributed by atoms with Gasteiger partial charge in [-0.1, -0.05) is 18.3 Å². The first-order valence-electron chi connectivity index (χ1n) is 4.24. The Labute approximate surface area is 82.4 Å². The van der Waals surface area contributed by atoms with Crippen molar-refractivity contribution in [3.05, 3.63) is 10.6 Å². The van der Waals surface area contributed by atoms with Crippen molar-refractivity contribution in [2.45, 2.75) is 20.3 Å². The van der Waals surface area contributed by atoms with Crippen molar-refractivity contribution in [2.75, 3.05) is 19.0 Å². The van der Waals surface area contributed by atoms with E-state index in [1.807, 2.05) is 25.9 Å². The van der Waals surface area contributed by atoms with Crippen molar-refractivity contribution in [2.24, 2.45) is 0 Å². The number of aryl methyl sites for hydroxylation is 1. The molecule has 0 aromatic carbocycles. The Morgan fingerprint density at radius 2 is 2.15 bits per heavy atom. The van der Waals surface area contributed by atoms with E-state index in [-0.39, 0.29) is 5.78 Å². The fraction of sp³-hybridized carbons (Fsp3) is 0.556. The maximum Gasteiger partial charge on any atom is 0.185 e. The molecule has 0 unspecified atom stereocenters. The minimum absolute atomic E-state index is 0.113. The predicted molar refractivity (Wildman–Crippen MR) is 55.8 cm³/mol. The number of hydrogen-bond donors (Lipinski definition) is 0. The minimum atomic E-state index is 0.113. The molecule has 1 heterocycles. The van der Waals surface area contributed by atoms with Gasteiger partial charge < -0.3 is 4.90 Å². The molecule has 0 amide bonds. The first-order chi connectivity index (χ1) is 6.06. The van der Waals surface area contributed by atoms with Crippen LogP contribution in [-0.2, 0) is 6.42 Å². The molecule has 0 radical (unpaired) electrons. The van der Waals surface area contributed by atoms with E-state index >= 15 is 0 Å². The zero-order chi connectivity index (χ0) is 10.0. The van der Waals surface area contributed by atoms with Crippen LogP contribution in [0.15, 0.2) is 0 Å². The summed E-state index contributed by atoms with van der Waals surface area (Å²) in [5.41, 5.74) is 0.918. The number of carbonyl (C=O) groups excluding carboxylic acids is 1. The van der Waals surface area contributed by atoms with Crippen molar-refractivity contribution in [3.63, 3.8) is 0 Å². The molecule has 0 atom stereocenters. The molecule has 72 valence electrons. The van der Waals surface area contributed by atoms with E-state index in [4.69, 9.17) is 0 Å². The van der Waals surface area contributed by atoms with Gasteiger partial charge >= 0.3 is 0 Å². The van der Waals surface area contributed by atoms with E-state index in [1.54, 1.807) is 6.92 Å². The Kier molecular flexibility index (Phi) is 3.03. The molecule has 0 spiro atoms. The van der Waals surface area contributed by atoms with Gasteiger partial charge in [0.05, 0.1) is 10.6 Å². The number of carbonyl (C=O) groups is 1. The Hall–Kier alpha value is -0.900. The highest BCUT2D eigenvalue weighted by Crippen LogP contribution is 2.25. The third kappa shape index (κ3) is 2.06. The molecule has 0 aliphatic carbocycles. The van der Waals surface area contributed by atoms with Gasteiger partial charge in [0.2, 0.25) is 0 Å². The molecule has 0 aliphatic rings. The molecule has 0 N–H and O–H groups in total. The van der Waals surface area contributed by atoms with E-state index in [0.29, 0.717) is 0 Å². The lowest BCUT2D eigenvalue weighted by Crippen LogP contribution is -2.07.